The van der Waals surface area contributed by atoms with Crippen LogP contribution in [0.25, 0.3) is 55.1 Å². The van der Waals surface area contributed by atoms with Gasteiger partial charge in [0.1, 0.15) is 0 Å². The van der Waals surface area contributed by atoms with Crippen LogP contribution in [0.15, 0.2) is 225 Å². The Kier molecular flexibility index (Phi) is 24.0. The predicted octanol–water partition coefficient (Wildman–Crippen LogP) is 14.5. The molecule has 1 aliphatic carbocycles. The predicted molar refractivity (Wildman–Crippen MR) is 310 cm³/mol. The van der Waals surface area contributed by atoms with Crippen LogP contribution in [0.5, 0.6) is 0 Å². The average Bonchev–Trinajstić information content (AvgIpc) is 4.44. The molecule has 0 aliphatic heterocycles. The zero-order valence-corrected chi connectivity index (χ0v) is 55.7. The number of allylic oxidation sites excluding steroid dienone is 4. The number of hydrogen-bond acceptors (Lipinski definition) is 6. The summed E-state index contributed by atoms with van der Waals surface area (Å²) >= 11 is 1.75. The van der Waals surface area contributed by atoms with E-state index in [9.17, 15) is 0 Å². The van der Waals surface area contributed by atoms with Crippen LogP contribution >= 0.6 is 11.3 Å². The first kappa shape index (κ1) is 63.6. The molecule has 0 bridgehead atoms. The van der Waals surface area contributed by atoms with Crippen molar-refractivity contribution in [1.82, 2.24) is 53.5 Å². The van der Waals surface area contributed by atoms with Crippen LogP contribution < -0.4 is 0 Å². The molecule has 11 nitrogen and oxygen atoms in total. The van der Waals surface area contributed by atoms with E-state index in [1.54, 1.807) is 34.6 Å². The molecular formula is C65H59Ir4N11S-4. The normalized spacial score (nSPS) is 11.8. The summed E-state index contributed by atoms with van der Waals surface area (Å²) in [7, 11) is 0. The van der Waals surface area contributed by atoms with Crippen molar-refractivity contribution >= 4 is 27.9 Å². The smallest absolute Gasteiger partial charge is 0.0731 e. The number of nitrogens with zero attached hydrogens (tertiary/aromatic N) is 11. The molecule has 0 fully saturated rings. The maximum Gasteiger partial charge on any atom is 0.0731 e. The number of aryl methyl sites for hydroxylation is 2. The number of aromatic nitrogens is 11. The fourth-order valence-corrected chi connectivity index (χ4v) is 10.2. The summed E-state index contributed by atoms with van der Waals surface area (Å²) in [6, 6.07) is 65.5. The maximum atomic E-state index is 4.73. The van der Waals surface area contributed by atoms with Gasteiger partial charge < -0.3 is 10.6 Å². The minimum absolute atomic E-state index is 0. The van der Waals surface area contributed by atoms with Gasteiger partial charge in [-0.2, -0.15) is 26.0 Å². The minimum Gasteiger partial charge on any atom is -0.400 e. The Bertz CT molecular complexity index is 3810. The zero-order chi connectivity index (χ0) is 53.0. The Morgan fingerprint density at radius 3 is 1.68 bits per heavy atom. The van der Waals surface area contributed by atoms with Crippen LogP contribution in [-0.2, 0) is 99.7 Å². The number of fused-ring (bicyclic) bond motifs is 1. The molecule has 5 aromatic carbocycles. The van der Waals surface area contributed by atoms with Crippen LogP contribution in [-0.4, -0.2) is 53.5 Å². The summed E-state index contributed by atoms with van der Waals surface area (Å²) in [6.45, 7) is 10.9. The topological polar surface area (TPSA) is 94.0 Å². The fraction of sp³-hybridized carbons (Fsp3) is 0.154. The largest absolute Gasteiger partial charge is 0.400 e. The van der Waals surface area contributed by atoms with E-state index in [0.717, 1.165) is 76.0 Å². The molecule has 0 atom stereocenters. The fourth-order valence-electron chi connectivity index (χ4n) is 8.99. The zero-order valence-electron chi connectivity index (χ0n) is 45.3. The molecule has 0 amide bonds. The van der Waals surface area contributed by atoms with Gasteiger partial charge in [0, 0.05) is 139 Å². The van der Waals surface area contributed by atoms with Crippen molar-refractivity contribution in [3.8, 4) is 38.5 Å². The Morgan fingerprint density at radius 1 is 0.531 bits per heavy atom. The summed E-state index contributed by atoms with van der Waals surface area (Å²) < 4.78 is 11.5. The van der Waals surface area contributed by atoms with Gasteiger partial charge in [-0.05, 0) is 66.3 Å². The number of benzene rings is 5. The summed E-state index contributed by atoms with van der Waals surface area (Å²) in [5.74, 6) is 1.76. The van der Waals surface area contributed by atoms with Crippen molar-refractivity contribution in [1.29, 1.82) is 0 Å². The molecule has 7 heterocycles. The molecule has 0 spiro atoms. The van der Waals surface area contributed by atoms with Gasteiger partial charge in [0.2, 0.25) is 0 Å². The second kappa shape index (κ2) is 30.5. The van der Waals surface area contributed by atoms with Gasteiger partial charge in [-0.15, -0.1) is 16.8 Å². The molecule has 4 radical (unpaired) electrons. The third-order valence-electron chi connectivity index (χ3n) is 12.9. The van der Waals surface area contributed by atoms with Gasteiger partial charge in [0.05, 0.1) is 17.4 Å². The van der Waals surface area contributed by atoms with Gasteiger partial charge in [0.25, 0.3) is 0 Å². The van der Waals surface area contributed by atoms with Crippen molar-refractivity contribution in [2.24, 2.45) is 5.41 Å². The molecule has 1 aliphatic rings. The van der Waals surface area contributed by atoms with Crippen molar-refractivity contribution in [2.75, 3.05) is 0 Å². The summed E-state index contributed by atoms with van der Waals surface area (Å²) in [6.07, 6.45) is 24.6. The quantitative estimate of drug-likeness (QED) is 0.114. The molecule has 0 unspecified atom stereocenters. The van der Waals surface area contributed by atoms with Crippen LogP contribution in [0.1, 0.15) is 63.4 Å². The molecular weight excluding hydrogens is 1740 g/mol. The number of para-hydroxylation sites is 3. The molecule has 420 valence electrons. The third-order valence-corrected chi connectivity index (χ3v) is 14.0. The van der Waals surface area contributed by atoms with E-state index >= 15 is 0 Å². The van der Waals surface area contributed by atoms with E-state index in [1.165, 1.54) is 32.7 Å². The first-order valence-electron chi connectivity index (χ1n) is 26.0. The molecule has 13 rings (SSSR count). The van der Waals surface area contributed by atoms with Crippen molar-refractivity contribution in [2.45, 2.75) is 60.3 Å². The molecule has 12 aromatic rings. The second-order valence-corrected chi connectivity index (χ2v) is 19.7. The van der Waals surface area contributed by atoms with Gasteiger partial charge in [-0.3, -0.25) is 14.0 Å². The van der Waals surface area contributed by atoms with Gasteiger partial charge in [-0.25, -0.2) is 61.2 Å². The van der Waals surface area contributed by atoms with Crippen LogP contribution in [0, 0.1) is 29.7 Å². The van der Waals surface area contributed by atoms with E-state index in [4.69, 9.17) is 5.10 Å². The SMILES string of the molecule is CCC1=CC(C)(C)C(n2cccn2)=[C-]1.CCc1[c-]c(-n2cccn2)n(-c2ccccc2)c1.CCc1[c-]c(-n2ncc3ccccc32)sc1-c1ccccc1.[Ir].[Ir].[Ir].[Ir].[c-]1c(Cc2ccccc2)nn(-c2ccccc2)c1-n1cccn1. The number of hydrogen-bond donors (Lipinski definition) is 0. The first-order chi connectivity index (χ1) is 37.8. The van der Waals surface area contributed by atoms with Gasteiger partial charge >= 0.3 is 0 Å². The summed E-state index contributed by atoms with van der Waals surface area (Å²) in [5.41, 5.74) is 11.5. The van der Waals surface area contributed by atoms with Gasteiger partial charge in [-0.1, -0.05) is 186 Å². The summed E-state index contributed by atoms with van der Waals surface area (Å²) in [4.78, 5) is 1.29. The third kappa shape index (κ3) is 15.5. The van der Waals surface area contributed by atoms with Crippen molar-refractivity contribution < 1.29 is 80.4 Å². The Labute approximate surface area is 532 Å². The summed E-state index contributed by atoms with van der Waals surface area (Å²) in [5, 5.41) is 24.3. The van der Waals surface area contributed by atoms with E-state index < -0.39 is 0 Å². The first-order valence-corrected chi connectivity index (χ1v) is 26.8. The molecule has 0 saturated carbocycles. The monoisotopic (exact) mass is 1800 g/mol. The Morgan fingerprint density at radius 2 is 1.10 bits per heavy atom. The van der Waals surface area contributed by atoms with Crippen molar-refractivity contribution in [3.05, 3.63) is 272 Å². The number of thiophene rings is 1. The van der Waals surface area contributed by atoms with Gasteiger partial charge in [0.15, 0.2) is 0 Å². The molecule has 81 heavy (non-hydrogen) atoms. The Hall–Kier alpha value is -6.53. The second-order valence-electron chi connectivity index (χ2n) is 18.7. The number of rotatable bonds is 12. The maximum absolute atomic E-state index is 4.73. The van der Waals surface area contributed by atoms with E-state index in [-0.39, 0.29) is 85.8 Å². The van der Waals surface area contributed by atoms with Crippen LogP contribution in [0.2, 0.25) is 0 Å². The van der Waals surface area contributed by atoms with Crippen molar-refractivity contribution in [3.63, 3.8) is 0 Å². The van der Waals surface area contributed by atoms with Crippen LogP contribution in [0.4, 0.5) is 0 Å². The molecule has 7 aromatic heterocycles. The standard InChI is InChI=1S/C19H15N4.C19H15N2S.C15H14N3.C12H15N2.4Ir/c1-3-8-16(9-4-1)14-17-15-19(22-13-7-12-20-22)23(21-17)18-10-5-2-6-11-18;1-2-14-12-18(22-19(14)15-8-4-3-5-9-15)21-17-11-7-6-10-16(17)13-20-21;1-2-13-11-15(18-10-6-9-16-18)17(12-13)14-7-4-3-5-8-14;1-4-10-8-11(12(2,3)9-10)14-7-5-6-13-14;;;;/h1-13H,14H2;3-11,13H,2H2,1H3;3-10,12H,2H2,1H3;5-7,9H,4H2,1-3H3;;;;/q4*-1;;;;. The average molecular weight is 1800 g/mol. The van der Waals surface area contributed by atoms with Crippen LogP contribution in [0.3, 0.4) is 0 Å². The van der Waals surface area contributed by atoms with E-state index in [2.05, 4.69) is 157 Å². The Balaban J connectivity index is 0.000000174. The van der Waals surface area contributed by atoms with E-state index in [0.29, 0.717) is 0 Å². The van der Waals surface area contributed by atoms with E-state index in [1.807, 2.05) is 147 Å². The molecule has 0 saturated heterocycles. The molecule has 16 heteroatoms. The minimum atomic E-state index is 0. The molecule has 0 N–H and O–H groups in total.